The van der Waals surface area contributed by atoms with Gasteiger partial charge in [0, 0.05) is 16.8 Å². The third-order valence-electron chi connectivity index (χ3n) is 5.11. The molecule has 5 nitrogen and oxygen atoms in total. The van der Waals surface area contributed by atoms with E-state index in [2.05, 4.69) is 32.3 Å². The highest BCUT2D eigenvalue weighted by Gasteiger charge is 2.22. The number of aromatic nitrogens is 2. The lowest BCUT2D eigenvalue weighted by atomic mass is 10.1. The number of thiophene rings is 1. The number of aryl methyl sites for hydroxylation is 2. The van der Waals surface area contributed by atoms with E-state index in [4.69, 9.17) is 0 Å². The van der Waals surface area contributed by atoms with Crippen molar-refractivity contribution in [2.24, 2.45) is 0 Å². The van der Waals surface area contributed by atoms with Crippen molar-refractivity contribution in [3.63, 3.8) is 0 Å². The van der Waals surface area contributed by atoms with Gasteiger partial charge in [0.15, 0.2) is 0 Å². The topological polar surface area (TPSA) is 58.1 Å². The lowest BCUT2D eigenvalue weighted by Crippen LogP contribution is -2.35. The fourth-order valence-electron chi connectivity index (χ4n) is 3.68. The summed E-state index contributed by atoms with van der Waals surface area (Å²) in [5.74, 6) is 0.400. The molecule has 0 saturated heterocycles. The van der Waals surface area contributed by atoms with Crippen LogP contribution >= 0.6 is 23.1 Å². The Labute approximate surface area is 173 Å². The summed E-state index contributed by atoms with van der Waals surface area (Å²) in [6, 6.07) is 10.4. The fourth-order valence-corrected chi connectivity index (χ4v) is 5.83. The van der Waals surface area contributed by atoms with E-state index in [0.29, 0.717) is 12.3 Å². The summed E-state index contributed by atoms with van der Waals surface area (Å²) in [6.07, 6.45) is 5.07. The lowest BCUT2D eigenvalue weighted by molar-refractivity contribution is -0.118. The molecule has 1 aliphatic rings. The minimum atomic E-state index is 0.0337. The molecule has 7 heteroatoms. The van der Waals surface area contributed by atoms with E-state index in [1.165, 1.54) is 39.6 Å². The van der Waals surface area contributed by atoms with E-state index in [0.717, 1.165) is 22.7 Å². The number of rotatable bonds is 7. The number of hydrogen-bond donors (Lipinski definition) is 1. The second-order valence-electron chi connectivity index (χ2n) is 7.20. The molecule has 3 aromatic rings. The van der Waals surface area contributed by atoms with Crippen LogP contribution in [0.2, 0.25) is 0 Å². The van der Waals surface area contributed by atoms with Gasteiger partial charge in [-0.3, -0.25) is 4.79 Å². The Morgan fingerprint density at radius 1 is 1.25 bits per heavy atom. The fraction of sp³-hybridized carbons (Fsp3) is 0.381. The molecule has 1 aliphatic carbocycles. The quantitative estimate of drug-likeness (QED) is 0.474. The van der Waals surface area contributed by atoms with Crippen LogP contribution in [-0.2, 0) is 17.6 Å². The van der Waals surface area contributed by atoms with Crippen LogP contribution in [0.4, 0.5) is 0 Å². The Kier molecular flexibility index (Phi) is 5.94. The van der Waals surface area contributed by atoms with Gasteiger partial charge in [-0.05, 0) is 44.5 Å². The van der Waals surface area contributed by atoms with Crippen molar-refractivity contribution in [1.29, 1.82) is 0 Å². The molecule has 1 aromatic carbocycles. The Hall–Kier alpha value is -1.96. The molecule has 146 valence electrons. The smallest absolute Gasteiger partial charge is 0.230 e. The molecule has 0 saturated carbocycles. The number of likely N-dealkylation sites (N-methyl/N-ethyl adjacent to an activating group) is 1. The van der Waals surface area contributed by atoms with Gasteiger partial charge in [-0.2, -0.15) is 0 Å². The first-order valence-electron chi connectivity index (χ1n) is 9.49. The molecule has 0 fully saturated rings. The molecule has 0 bridgehead atoms. The van der Waals surface area contributed by atoms with Crippen molar-refractivity contribution in [3.05, 3.63) is 52.7 Å². The Bertz CT molecular complexity index is 971. The number of thioether (sulfide) groups is 1. The van der Waals surface area contributed by atoms with Gasteiger partial charge in [-0.1, -0.05) is 42.1 Å². The largest absolute Gasteiger partial charge is 0.353 e. The molecule has 2 heterocycles. The van der Waals surface area contributed by atoms with Gasteiger partial charge < -0.3 is 10.2 Å². The molecule has 1 amide bonds. The number of fused-ring (bicyclic) bond motifs is 3. The number of carbonyl (C=O) groups excluding carboxylic acids is 1. The van der Waals surface area contributed by atoms with Gasteiger partial charge in [0.25, 0.3) is 0 Å². The number of hydrogen-bond acceptors (Lipinski definition) is 6. The monoisotopic (exact) mass is 412 g/mol. The van der Waals surface area contributed by atoms with Crippen molar-refractivity contribution in [2.45, 2.75) is 30.3 Å². The average molecular weight is 413 g/mol. The van der Waals surface area contributed by atoms with Gasteiger partial charge in [0.05, 0.1) is 11.8 Å². The van der Waals surface area contributed by atoms with E-state index in [9.17, 15) is 4.79 Å². The molecule has 2 aromatic heterocycles. The van der Waals surface area contributed by atoms with Crippen LogP contribution in [0.25, 0.3) is 10.2 Å². The van der Waals surface area contributed by atoms with Crippen molar-refractivity contribution in [1.82, 2.24) is 20.2 Å². The van der Waals surface area contributed by atoms with Gasteiger partial charge in [0.1, 0.15) is 16.2 Å². The summed E-state index contributed by atoms with van der Waals surface area (Å²) in [6.45, 7) is 0.587. The summed E-state index contributed by atoms with van der Waals surface area (Å²) in [7, 11) is 4.07. The van der Waals surface area contributed by atoms with E-state index in [-0.39, 0.29) is 11.9 Å². The minimum Gasteiger partial charge on any atom is -0.353 e. The van der Waals surface area contributed by atoms with Crippen LogP contribution in [0.3, 0.4) is 0 Å². The third-order valence-corrected chi connectivity index (χ3v) is 7.30. The van der Waals surface area contributed by atoms with Crippen LogP contribution in [-0.4, -0.2) is 47.2 Å². The van der Waals surface area contributed by atoms with Crippen molar-refractivity contribution >= 4 is 39.2 Å². The van der Waals surface area contributed by atoms with Gasteiger partial charge in [-0.15, -0.1) is 11.3 Å². The van der Waals surface area contributed by atoms with Crippen LogP contribution < -0.4 is 5.32 Å². The number of benzene rings is 1. The number of carbonyl (C=O) groups is 1. The standard InChI is InChI=1S/C21H24N4OS2/c1-25(2)16(14-7-4-3-5-8-14)11-22-18(26)12-27-20-19-15-9-6-10-17(15)28-21(19)24-13-23-20/h3-5,7-8,13,16H,6,9-12H2,1-2H3,(H,22,26)/t16-/m0/s1. The van der Waals surface area contributed by atoms with Gasteiger partial charge in [0.2, 0.25) is 5.91 Å². The van der Waals surface area contributed by atoms with Crippen molar-refractivity contribution in [3.8, 4) is 0 Å². The molecule has 0 unspecified atom stereocenters. The summed E-state index contributed by atoms with van der Waals surface area (Å²) in [5, 5.41) is 5.20. The molecule has 0 radical (unpaired) electrons. The molecular formula is C21H24N4OS2. The maximum Gasteiger partial charge on any atom is 0.230 e. The van der Waals surface area contributed by atoms with Crippen molar-refractivity contribution < 1.29 is 4.79 Å². The Balaban J connectivity index is 1.39. The van der Waals surface area contributed by atoms with Crippen molar-refractivity contribution in [2.75, 3.05) is 26.4 Å². The molecule has 1 N–H and O–H groups in total. The Morgan fingerprint density at radius 2 is 2.07 bits per heavy atom. The normalized spacial score (nSPS) is 14.4. The molecule has 1 atom stereocenters. The summed E-state index contributed by atoms with van der Waals surface area (Å²) in [5.41, 5.74) is 2.60. The maximum atomic E-state index is 12.5. The molecule has 0 aliphatic heterocycles. The zero-order chi connectivity index (χ0) is 19.5. The average Bonchev–Trinajstić information content (AvgIpc) is 3.28. The van der Waals surface area contributed by atoms with E-state index < -0.39 is 0 Å². The second-order valence-corrected chi connectivity index (χ2v) is 9.25. The first-order valence-corrected chi connectivity index (χ1v) is 11.3. The molecule has 4 rings (SSSR count). The van der Waals surface area contributed by atoms with E-state index >= 15 is 0 Å². The predicted molar refractivity (Wildman–Crippen MR) is 116 cm³/mol. The minimum absolute atomic E-state index is 0.0337. The van der Waals surface area contributed by atoms with Crippen LogP contribution in [0, 0.1) is 0 Å². The first-order chi connectivity index (χ1) is 13.6. The molecular weight excluding hydrogens is 388 g/mol. The summed E-state index contributed by atoms with van der Waals surface area (Å²) in [4.78, 5) is 26.0. The zero-order valence-electron chi connectivity index (χ0n) is 16.1. The highest BCUT2D eigenvalue weighted by Crippen LogP contribution is 2.39. The first kappa shape index (κ1) is 19.4. The summed E-state index contributed by atoms with van der Waals surface area (Å²) >= 11 is 3.29. The van der Waals surface area contributed by atoms with Crippen LogP contribution in [0.1, 0.15) is 28.5 Å². The number of amides is 1. The maximum absolute atomic E-state index is 12.5. The lowest BCUT2D eigenvalue weighted by Gasteiger charge is -2.25. The van der Waals surface area contributed by atoms with Crippen LogP contribution in [0.5, 0.6) is 0 Å². The van der Waals surface area contributed by atoms with Crippen LogP contribution in [0.15, 0.2) is 41.7 Å². The molecule has 0 spiro atoms. The zero-order valence-corrected chi connectivity index (χ0v) is 17.8. The number of nitrogens with one attached hydrogen (secondary N) is 1. The SMILES string of the molecule is CN(C)[C@@H](CNC(=O)CSc1ncnc2sc3c(c12)CCC3)c1ccccc1. The predicted octanol–water partition coefficient (Wildman–Crippen LogP) is 3.69. The second kappa shape index (κ2) is 8.59. The third kappa shape index (κ3) is 4.06. The highest BCUT2D eigenvalue weighted by atomic mass is 32.2. The Morgan fingerprint density at radius 3 is 2.86 bits per heavy atom. The van der Waals surface area contributed by atoms with E-state index in [1.807, 2.05) is 32.3 Å². The number of nitrogens with zero attached hydrogens (tertiary/aromatic N) is 3. The van der Waals surface area contributed by atoms with E-state index in [1.54, 1.807) is 17.7 Å². The van der Waals surface area contributed by atoms with Gasteiger partial charge >= 0.3 is 0 Å². The molecule has 28 heavy (non-hydrogen) atoms. The highest BCUT2D eigenvalue weighted by molar-refractivity contribution is 8.00. The summed E-state index contributed by atoms with van der Waals surface area (Å²) < 4.78 is 0. The van der Waals surface area contributed by atoms with Gasteiger partial charge in [-0.25, -0.2) is 9.97 Å².